The number of hydrogen-bond donors (Lipinski definition) is 1. The van der Waals surface area contributed by atoms with Crippen LogP contribution in [0.5, 0.6) is 0 Å². The molecular formula is C13H18BrNO2. The van der Waals surface area contributed by atoms with Crippen molar-refractivity contribution in [2.45, 2.75) is 26.3 Å². The fraction of sp³-hybridized carbons (Fsp3) is 0.462. The molecule has 1 rings (SSSR count). The molecule has 0 aliphatic heterocycles. The molecule has 17 heavy (non-hydrogen) atoms. The van der Waals surface area contributed by atoms with E-state index in [0.717, 1.165) is 10.0 Å². The number of halogens is 1. The van der Waals surface area contributed by atoms with Crippen molar-refractivity contribution in [3.8, 4) is 0 Å². The van der Waals surface area contributed by atoms with E-state index in [2.05, 4.69) is 21.2 Å². The summed E-state index contributed by atoms with van der Waals surface area (Å²) >= 11 is 3.38. The molecule has 3 nitrogen and oxygen atoms in total. The zero-order chi connectivity index (χ0) is 12.7. The molecule has 0 fully saturated rings. The Hall–Kier alpha value is -0.870. The summed E-state index contributed by atoms with van der Waals surface area (Å²) in [7, 11) is 0. The van der Waals surface area contributed by atoms with Gasteiger partial charge in [0.05, 0.1) is 12.6 Å². The highest BCUT2D eigenvalue weighted by molar-refractivity contribution is 9.10. The van der Waals surface area contributed by atoms with E-state index in [1.165, 1.54) is 0 Å². The summed E-state index contributed by atoms with van der Waals surface area (Å²) in [6.07, 6.45) is 0.411. The second-order valence-corrected chi connectivity index (χ2v) is 4.70. The molecule has 0 aliphatic carbocycles. The molecule has 0 saturated carbocycles. The molecule has 0 aromatic heterocycles. The lowest BCUT2D eigenvalue weighted by Gasteiger charge is -2.14. The van der Waals surface area contributed by atoms with Gasteiger partial charge >= 0.3 is 0 Å². The van der Waals surface area contributed by atoms with E-state index in [4.69, 9.17) is 4.74 Å². The van der Waals surface area contributed by atoms with Crippen molar-refractivity contribution >= 4 is 21.8 Å². The van der Waals surface area contributed by atoms with Crippen molar-refractivity contribution in [1.29, 1.82) is 0 Å². The van der Waals surface area contributed by atoms with Crippen molar-refractivity contribution < 1.29 is 9.53 Å². The predicted molar refractivity (Wildman–Crippen MR) is 71.8 cm³/mol. The zero-order valence-corrected chi connectivity index (χ0v) is 11.8. The van der Waals surface area contributed by atoms with Gasteiger partial charge in [-0.05, 0) is 31.5 Å². The first kappa shape index (κ1) is 14.2. The van der Waals surface area contributed by atoms with E-state index in [1.54, 1.807) is 0 Å². The first-order valence-electron chi connectivity index (χ1n) is 5.76. The van der Waals surface area contributed by atoms with E-state index >= 15 is 0 Å². The monoisotopic (exact) mass is 299 g/mol. The molecule has 1 aromatic carbocycles. The maximum atomic E-state index is 11.6. The normalized spacial score (nSPS) is 12.2. The van der Waals surface area contributed by atoms with Crippen molar-refractivity contribution in [2.24, 2.45) is 0 Å². The molecule has 1 unspecified atom stereocenters. The second kappa shape index (κ2) is 7.45. The predicted octanol–water partition coefficient (Wildman–Crippen LogP) is 3.05. The van der Waals surface area contributed by atoms with Crippen LogP contribution in [0.2, 0.25) is 0 Å². The van der Waals surface area contributed by atoms with E-state index in [9.17, 15) is 4.79 Å². The van der Waals surface area contributed by atoms with E-state index in [0.29, 0.717) is 19.6 Å². The van der Waals surface area contributed by atoms with Crippen LogP contribution in [0.4, 0.5) is 0 Å². The Morgan fingerprint density at radius 3 is 2.65 bits per heavy atom. The highest BCUT2D eigenvalue weighted by atomic mass is 79.9. The number of carbonyl (C=O) groups excluding carboxylic acids is 1. The van der Waals surface area contributed by atoms with Gasteiger partial charge in [-0.2, -0.15) is 0 Å². The number of rotatable bonds is 6. The number of amides is 1. The second-order valence-electron chi connectivity index (χ2n) is 3.79. The smallest absolute Gasteiger partial charge is 0.222 e. The summed E-state index contributed by atoms with van der Waals surface area (Å²) in [5, 5.41) is 2.94. The van der Waals surface area contributed by atoms with Crippen LogP contribution in [0, 0.1) is 0 Å². The van der Waals surface area contributed by atoms with Gasteiger partial charge in [-0.3, -0.25) is 4.79 Å². The molecule has 0 heterocycles. The number of nitrogens with one attached hydrogen (secondary N) is 1. The van der Waals surface area contributed by atoms with Gasteiger partial charge in [-0.15, -0.1) is 0 Å². The Morgan fingerprint density at radius 2 is 2.06 bits per heavy atom. The molecule has 94 valence electrons. The number of ether oxygens (including phenoxy) is 1. The minimum Gasteiger partial charge on any atom is -0.381 e. The molecule has 0 spiro atoms. The maximum Gasteiger partial charge on any atom is 0.222 e. The van der Waals surface area contributed by atoms with E-state index < -0.39 is 0 Å². The minimum absolute atomic E-state index is 0.0221. The van der Waals surface area contributed by atoms with Crippen molar-refractivity contribution in [3.05, 3.63) is 34.3 Å². The highest BCUT2D eigenvalue weighted by Crippen LogP contribution is 2.16. The Morgan fingerprint density at radius 1 is 1.41 bits per heavy atom. The van der Waals surface area contributed by atoms with Gasteiger partial charge in [-0.25, -0.2) is 0 Å². The number of carbonyl (C=O) groups is 1. The van der Waals surface area contributed by atoms with Crippen LogP contribution in [-0.2, 0) is 9.53 Å². The average Bonchev–Trinajstić information content (AvgIpc) is 2.30. The van der Waals surface area contributed by atoms with Crippen LogP contribution in [0.1, 0.15) is 31.9 Å². The highest BCUT2D eigenvalue weighted by Gasteiger charge is 2.08. The van der Waals surface area contributed by atoms with Crippen LogP contribution in [0.15, 0.2) is 28.7 Å². The van der Waals surface area contributed by atoms with E-state index in [1.807, 2.05) is 38.1 Å². The lowest BCUT2D eigenvalue weighted by molar-refractivity contribution is -0.122. The third kappa shape index (κ3) is 5.33. The summed E-state index contributed by atoms with van der Waals surface area (Å²) in [5.41, 5.74) is 1.10. The molecule has 4 heteroatoms. The van der Waals surface area contributed by atoms with Gasteiger partial charge in [0, 0.05) is 17.5 Å². The van der Waals surface area contributed by atoms with Crippen LogP contribution < -0.4 is 5.32 Å². The van der Waals surface area contributed by atoms with Gasteiger partial charge in [0.2, 0.25) is 5.91 Å². The molecule has 1 atom stereocenters. The van der Waals surface area contributed by atoms with Crippen LogP contribution >= 0.6 is 15.9 Å². The SMILES string of the molecule is CCOCCC(=O)NC(C)c1ccc(Br)cc1. The Labute approximate surface area is 111 Å². The first-order valence-corrected chi connectivity index (χ1v) is 6.55. The van der Waals surface area contributed by atoms with Crippen LogP contribution in [0.3, 0.4) is 0 Å². The summed E-state index contributed by atoms with van der Waals surface area (Å²) in [4.78, 5) is 11.6. The standard InChI is InChI=1S/C13H18BrNO2/c1-3-17-9-8-13(16)15-10(2)11-4-6-12(14)7-5-11/h4-7,10H,3,8-9H2,1-2H3,(H,15,16). The molecule has 0 radical (unpaired) electrons. The van der Waals surface area contributed by atoms with Crippen molar-refractivity contribution in [3.63, 3.8) is 0 Å². The Kier molecular flexibility index (Phi) is 6.22. The Bertz CT molecular complexity index is 351. The summed E-state index contributed by atoms with van der Waals surface area (Å²) < 4.78 is 6.18. The summed E-state index contributed by atoms with van der Waals surface area (Å²) in [6, 6.07) is 7.96. The lowest BCUT2D eigenvalue weighted by atomic mass is 10.1. The molecule has 0 saturated heterocycles. The summed E-state index contributed by atoms with van der Waals surface area (Å²) in [6.45, 7) is 5.02. The first-order chi connectivity index (χ1) is 8.13. The molecule has 1 aromatic rings. The lowest BCUT2D eigenvalue weighted by Crippen LogP contribution is -2.27. The van der Waals surface area contributed by atoms with Gasteiger partial charge in [0.25, 0.3) is 0 Å². The van der Waals surface area contributed by atoms with Crippen LogP contribution in [-0.4, -0.2) is 19.1 Å². The third-order valence-corrected chi connectivity index (χ3v) is 2.95. The zero-order valence-electron chi connectivity index (χ0n) is 10.2. The summed E-state index contributed by atoms with van der Waals surface area (Å²) in [5.74, 6) is 0.0221. The minimum atomic E-state index is 0.0221. The molecule has 1 N–H and O–H groups in total. The molecule has 0 aliphatic rings. The Balaban J connectivity index is 2.40. The van der Waals surface area contributed by atoms with Gasteiger partial charge in [0.15, 0.2) is 0 Å². The van der Waals surface area contributed by atoms with Gasteiger partial charge in [0.1, 0.15) is 0 Å². The topological polar surface area (TPSA) is 38.3 Å². The molecule has 0 bridgehead atoms. The van der Waals surface area contributed by atoms with Gasteiger partial charge < -0.3 is 10.1 Å². The van der Waals surface area contributed by atoms with Crippen LogP contribution in [0.25, 0.3) is 0 Å². The number of hydrogen-bond acceptors (Lipinski definition) is 2. The van der Waals surface area contributed by atoms with Gasteiger partial charge in [-0.1, -0.05) is 28.1 Å². The van der Waals surface area contributed by atoms with Crippen molar-refractivity contribution in [1.82, 2.24) is 5.32 Å². The quantitative estimate of drug-likeness (QED) is 0.820. The maximum absolute atomic E-state index is 11.6. The fourth-order valence-electron chi connectivity index (χ4n) is 1.46. The average molecular weight is 300 g/mol. The molecular weight excluding hydrogens is 282 g/mol. The largest absolute Gasteiger partial charge is 0.381 e. The van der Waals surface area contributed by atoms with E-state index in [-0.39, 0.29) is 11.9 Å². The fourth-order valence-corrected chi connectivity index (χ4v) is 1.72. The molecule has 1 amide bonds. The third-order valence-electron chi connectivity index (χ3n) is 2.43. The van der Waals surface area contributed by atoms with Crippen molar-refractivity contribution in [2.75, 3.05) is 13.2 Å². The number of benzene rings is 1.